The first-order valence-corrected chi connectivity index (χ1v) is 10.2. The van der Waals surface area contributed by atoms with Gasteiger partial charge in [-0.15, -0.1) is 0 Å². The van der Waals surface area contributed by atoms with Crippen LogP contribution in [0.5, 0.6) is 5.88 Å². The minimum Gasteiger partial charge on any atom is -0.475 e. The lowest BCUT2D eigenvalue weighted by atomic mass is 10.2. The maximum Gasteiger partial charge on any atom is 0.264 e. The number of rotatable bonds is 7. The van der Waals surface area contributed by atoms with E-state index in [4.69, 9.17) is 4.74 Å². The van der Waals surface area contributed by atoms with E-state index in [1.165, 1.54) is 10.5 Å². The van der Waals surface area contributed by atoms with Crippen LogP contribution in [0.25, 0.3) is 0 Å². The van der Waals surface area contributed by atoms with Gasteiger partial charge in [0.15, 0.2) is 0 Å². The fourth-order valence-corrected chi connectivity index (χ4v) is 4.08. The van der Waals surface area contributed by atoms with E-state index < -0.39 is 10.0 Å². The van der Waals surface area contributed by atoms with Crippen LogP contribution < -0.4 is 9.04 Å². The van der Waals surface area contributed by atoms with Crippen molar-refractivity contribution in [3.63, 3.8) is 0 Å². The standard InChI is InChI=1S/C21H22N2O3S/c1-17(2)26-21-14-13-19(15-22-21)23(16-18-9-5-3-6-10-18)27(24,25)20-11-7-4-8-12-20/h3-15,17H,16H2,1-2H3. The number of benzene rings is 2. The highest BCUT2D eigenvalue weighted by Crippen LogP contribution is 2.26. The first-order chi connectivity index (χ1) is 13.0. The predicted molar refractivity (Wildman–Crippen MR) is 106 cm³/mol. The first kappa shape index (κ1) is 18.9. The molecule has 0 saturated carbocycles. The Labute approximate surface area is 160 Å². The Morgan fingerprint density at radius 3 is 2.11 bits per heavy atom. The number of aromatic nitrogens is 1. The smallest absolute Gasteiger partial charge is 0.264 e. The van der Waals surface area contributed by atoms with Crippen LogP contribution in [-0.4, -0.2) is 19.5 Å². The zero-order chi connectivity index (χ0) is 19.3. The molecule has 2 aromatic carbocycles. The zero-order valence-corrected chi connectivity index (χ0v) is 16.1. The lowest BCUT2D eigenvalue weighted by Gasteiger charge is -2.24. The van der Waals surface area contributed by atoms with Crippen molar-refractivity contribution >= 4 is 15.7 Å². The molecule has 0 fully saturated rings. The molecule has 0 unspecified atom stereocenters. The SMILES string of the molecule is CC(C)Oc1ccc(N(Cc2ccccc2)S(=O)(=O)c2ccccc2)cn1. The van der Waals surface area contributed by atoms with E-state index in [2.05, 4.69) is 4.98 Å². The van der Waals surface area contributed by atoms with Crippen LogP contribution in [0.15, 0.2) is 83.9 Å². The Hall–Kier alpha value is -2.86. The van der Waals surface area contributed by atoms with Crippen LogP contribution in [0.4, 0.5) is 5.69 Å². The van der Waals surface area contributed by atoms with Crippen molar-refractivity contribution in [2.75, 3.05) is 4.31 Å². The number of ether oxygens (including phenoxy) is 1. The van der Waals surface area contributed by atoms with Crippen LogP contribution in [0.3, 0.4) is 0 Å². The van der Waals surface area contributed by atoms with E-state index in [9.17, 15) is 8.42 Å². The molecule has 0 aliphatic rings. The summed E-state index contributed by atoms with van der Waals surface area (Å²) in [5.41, 5.74) is 1.37. The van der Waals surface area contributed by atoms with Gasteiger partial charge < -0.3 is 4.74 Å². The molecule has 140 valence electrons. The minimum atomic E-state index is -3.74. The van der Waals surface area contributed by atoms with Gasteiger partial charge in [-0.3, -0.25) is 4.31 Å². The third-order valence-corrected chi connectivity index (χ3v) is 5.65. The third kappa shape index (κ3) is 4.65. The van der Waals surface area contributed by atoms with Crippen LogP contribution in [0.2, 0.25) is 0 Å². The number of pyridine rings is 1. The average molecular weight is 382 g/mol. The van der Waals surface area contributed by atoms with Gasteiger partial charge >= 0.3 is 0 Å². The molecule has 1 aromatic heterocycles. The number of sulfonamides is 1. The molecule has 0 aliphatic heterocycles. The second-order valence-electron chi connectivity index (χ2n) is 6.33. The Morgan fingerprint density at radius 1 is 0.926 bits per heavy atom. The molecular weight excluding hydrogens is 360 g/mol. The third-order valence-electron chi connectivity index (χ3n) is 3.87. The summed E-state index contributed by atoms with van der Waals surface area (Å²) in [4.78, 5) is 4.50. The summed E-state index contributed by atoms with van der Waals surface area (Å²) in [7, 11) is -3.74. The first-order valence-electron chi connectivity index (χ1n) is 8.71. The quantitative estimate of drug-likeness (QED) is 0.612. The normalized spacial score (nSPS) is 11.4. The highest BCUT2D eigenvalue weighted by molar-refractivity contribution is 7.92. The van der Waals surface area contributed by atoms with E-state index >= 15 is 0 Å². The predicted octanol–water partition coefficient (Wildman–Crippen LogP) is 4.26. The lowest BCUT2D eigenvalue weighted by molar-refractivity contribution is 0.232. The lowest BCUT2D eigenvalue weighted by Crippen LogP contribution is -2.30. The molecule has 3 rings (SSSR count). The second-order valence-corrected chi connectivity index (χ2v) is 8.19. The van der Waals surface area contributed by atoms with Gasteiger partial charge in [-0.25, -0.2) is 13.4 Å². The van der Waals surface area contributed by atoms with Crippen molar-refractivity contribution in [3.8, 4) is 5.88 Å². The van der Waals surface area contributed by atoms with Crippen LogP contribution in [0.1, 0.15) is 19.4 Å². The van der Waals surface area contributed by atoms with Crippen molar-refractivity contribution in [2.45, 2.75) is 31.4 Å². The van der Waals surface area contributed by atoms with Crippen LogP contribution in [0, 0.1) is 0 Å². The Kier molecular flexibility index (Phi) is 5.76. The van der Waals surface area contributed by atoms with E-state index in [0.29, 0.717) is 11.6 Å². The van der Waals surface area contributed by atoms with Crippen LogP contribution >= 0.6 is 0 Å². The van der Waals surface area contributed by atoms with E-state index in [1.807, 2.05) is 44.2 Å². The van der Waals surface area contributed by atoms with E-state index in [0.717, 1.165) is 5.56 Å². The van der Waals surface area contributed by atoms with Gasteiger partial charge in [0.1, 0.15) is 0 Å². The molecule has 5 nitrogen and oxygen atoms in total. The molecule has 0 radical (unpaired) electrons. The molecule has 6 heteroatoms. The topological polar surface area (TPSA) is 59.5 Å². The molecule has 0 N–H and O–H groups in total. The van der Waals surface area contributed by atoms with E-state index in [1.54, 1.807) is 42.5 Å². The Balaban J connectivity index is 2.00. The zero-order valence-electron chi connectivity index (χ0n) is 15.3. The van der Waals surface area contributed by atoms with Crippen molar-refractivity contribution in [1.29, 1.82) is 0 Å². The molecule has 0 bridgehead atoms. The molecule has 0 spiro atoms. The van der Waals surface area contributed by atoms with Gasteiger partial charge in [0, 0.05) is 6.07 Å². The summed E-state index contributed by atoms with van der Waals surface area (Å²) in [6, 6.07) is 21.3. The fourth-order valence-electron chi connectivity index (χ4n) is 2.62. The fraction of sp³-hybridized carbons (Fsp3) is 0.190. The number of nitrogens with zero attached hydrogens (tertiary/aromatic N) is 2. The summed E-state index contributed by atoms with van der Waals surface area (Å²) in [5.74, 6) is 0.463. The van der Waals surface area contributed by atoms with Crippen molar-refractivity contribution in [3.05, 3.63) is 84.6 Å². The summed E-state index contributed by atoms with van der Waals surface area (Å²) in [6.45, 7) is 4.04. The monoisotopic (exact) mass is 382 g/mol. The molecule has 0 atom stereocenters. The highest BCUT2D eigenvalue weighted by Gasteiger charge is 2.25. The van der Waals surface area contributed by atoms with Crippen molar-refractivity contribution in [2.24, 2.45) is 0 Å². The van der Waals surface area contributed by atoms with Gasteiger partial charge in [-0.05, 0) is 37.6 Å². The molecular formula is C21H22N2O3S. The average Bonchev–Trinajstić information content (AvgIpc) is 2.68. The molecule has 1 heterocycles. The minimum absolute atomic E-state index is 0.00294. The van der Waals surface area contributed by atoms with Gasteiger partial charge in [0.05, 0.1) is 29.4 Å². The van der Waals surface area contributed by atoms with Gasteiger partial charge in [-0.2, -0.15) is 0 Å². The number of hydrogen-bond acceptors (Lipinski definition) is 4. The van der Waals surface area contributed by atoms with Gasteiger partial charge in [0.2, 0.25) is 5.88 Å². The molecule has 0 amide bonds. The summed E-state index contributed by atoms with van der Waals surface area (Å²) < 4.78 is 33.5. The van der Waals surface area contributed by atoms with Crippen molar-refractivity contribution in [1.82, 2.24) is 4.98 Å². The van der Waals surface area contributed by atoms with Crippen molar-refractivity contribution < 1.29 is 13.2 Å². The maximum absolute atomic E-state index is 13.3. The molecule has 0 saturated heterocycles. The second kappa shape index (κ2) is 8.22. The number of hydrogen-bond donors (Lipinski definition) is 0. The summed E-state index contributed by atoms with van der Waals surface area (Å²) >= 11 is 0. The maximum atomic E-state index is 13.3. The number of anilines is 1. The van der Waals surface area contributed by atoms with E-state index in [-0.39, 0.29) is 17.5 Å². The summed E-state index contributed by atoms with van der Waals surface area (Å²) in [5, 5.41) is 0. The molecule has 27 heavy (non-hydrogen) atoms. The largest absolute Gasteiger partial charge is 0.475 e. The Bertz CT molecular complexity index is 957. The molecule has 0 aliphatic carbocycles. The summed E-state index contributed by atoms with van der Waals surface area (Å²) in [6.07, 6.45) is 1.53. The van der Waals surface area contributed by atoms with Crippen LogP contribution in [-0.2, 0) is 16.6 Å². The van der Waals surface area contributed by atoms with Gasteiger partial charge in [-0.1, -0.05) is 48.5 Å². The molecule has 3 aromatic rings. The highest BCUT2D eigenvalue weighted by atomic mass is 32.2. The Morgan fingerprint density at radius 2 is 1.56 bits per heavy atom. The van der Waals surface area contributed by atoms with Gasteiger partial charge in [0.25, 0.3) is 10.0 Å².